The van der Waals surface area contributed by atoms with Gasteiger partial charge in [0.1, 0.15) is 0 Å². The minimum atomic E-state index is 0.761. The molecule has 26 heavy (non-hydrogen) atoms. The van der Waals surface area contributed by atoms with Crippen molar-refractivity contribution in [3.05, 3.63) is 77.4 Å². The van der Waals surface area contributed by atoms with Gasteiger partial charge in [-0.1, -0.05) is 72.3 Å². The Morgan fingerprint density at radius 3 is 2.35 bits per heavy atom. The van der Waals surface area contributed by atoms with Gasteiger partial charge in [0.05, 0.1) is 0 Å². The summed E-state index contributed by atoms with van der Waals surface area (Å²) in [6.45, 7) is 7.98. The van der Waals surface area contributed by atoms with Crippen LogP contribution in [0.4, 0.5) is 0 Å². The third-order valence-corrected chi connectivity index (χ3v) is 5.30. The Morgan fingerprint density at radius 1 is 1.00 bits per heavy atom. The topological polar surface area (TPSA) is 15.3 Å². The molecule has 0 saturated carbocycles. The zero-order chi connectivity index (χ0) is 18.0. The minimum Gasteiger partial charge on any atom is -0.313 e. The SMILES string of the molecule is CC(=Cc1ccccc1)CNCCCN1CCC(c2ccccc2)CC1. The molecule has 1 aliphatic rings. The summed E-state index contributed by atoms with van der Waals surface area (Å²) >= 11 is 0. The van der Waals surface area contributed by atoms with Crippen molar-refractivity contribution in [1.82, 2.24) is 10.2 Å². The van der Waals surface area contributed by atoms with Crippen LogP contribution in [0.1, 0.15) is 43.2 Å². The molecule has 1 heterocycles. The molecule has 0 amide bonds. The van der Waals surface area contributed by atoms with E-state index < -0.39 is 0 Å². The largest absolute Gasteiger partial charge is 0.313 e. The molecule has 2 nitrogen and oxygen atoms in total. The first kappa shape index (κ1) is 18.9. The third kappa shape index (κ3) is 6.12. The van der Waals surface area contributed by atoms with Crippen molar-refractivity contribution < 1.29 is 0 Å². The van der Waals surface area contributed by atoms with E-state index in [1.54, 1.807) is 0 Å². The first-order chi connectivity index (χ1) is 12.8. The van der Waals surface area contributed by atoms with E-state index in [1.165, 1.54) is 55.6 Å². The summed E-state index contributed by atoms with van der Waals surface area (Å²) in [7, 11) is 0. The summed E-state index contributed by atoms with van der Waals surface area (Å²) in [5.74, 6) is 0.761. The van der Waals surface area contributed by atoms with E-state index in [-0.39, 0.29) is 0 Å². The lowest BCUT2D eigenvalue weighted by molar-refractivity contribution is 0.210. The van der Waals surface area contributed by atoms with Crippen LogP contribution in [0.15, 0.2) is 66.2 Å². The van der Waals surface area contributed by atoms with Crippen LogP contribution in [0, 0.1) is 0 Å². The molecular weight excluding hydrogens is 316 g/mol. The standard InChI is InChI=1S/C24H32N2/c1-21(19-22-9-4-2-5-10-22)20-25-15-8-16-26-17-13-24(14-18-26)23-11-6-3-7-12-23/h2-7,9-12,19,24-25H,8,13-18,20H2,1H3. The molecule has 0 atom stereocenters. The predicted octanol–water partition coefficient (Wildman–Crippen LogP) is 4.95. The minimum absolute atomic E-state index is 0.761. The van der Waals surface area contributed by atoms with Crippen molar-refractivity contribution in [2.75, 3.05) is 32.7 Å². The number of hydrogen-bond acceptors (Lipinski definition) is 2. The Labute approximate surface area is 158 Å². The monoisotopic (exact) mass is 348 g/mol. The van der Waals surface area contributed by atoms with E-state index in [2.05, 4.69) is 83.9 Å². The number of benzene rings is 2. The fourth-order valence-electron chi connectivity index (χ4n) is 3.81. The zero-order valence-corrected chi connectivity index (χ0v) is 16.0. The molecular formula is C24H32N2. The van der Waals surface area contributed by atoms with Gasteiger partial charge >= 0.3 is 0 Å². The highest BCUT2D eigenvalue weighted by Gasteiger charge is 2.19. The van der Waals surface area contributed by atoms with Crippen LogP contribution in [0.2, 0.25) is 0 Å². The van der Waals surface area contributed by atoms with Crippen LogP contribution in [-0.4, -0.2) is 37.6 Å². The Balaban J connectivity index is 1.28. The highest BCUT2D eigenvalue weighted by molar-refractivity contribution is 5.52. The van der Waals surface area contributed by atoms with Gasteiger partial charge < -0.3 is 10.2 Å². The van der Waals surface area contributed by atoms with Gasteiger partial charge in [-0.05, 0) is 69.4 Å². The fraction of sp³-hybridized carbons (Fsp3) is 0.417. The van der Waals surface area contributed by atoms with Gasteiger partial charge in [0, 0.05) is 6.54 Å². The second-order valence-electron chi connectivity index (χ2n) is 7.46. The number of nitrogens with one attached hydrogen (secondary N) is 1. The first-order valence-electron chi connectivity index (χ1n) is 10.0. The fourth-order valence-corrected chi connectivity index (χ4v) is 3.81. The van der Waals surface area contributed by atoms with Crippen molar-refractivity contribution >= 4 is 6.08 Å². The van der Waals surface area contributed by atoms with Crippen molar-refractivity contribution in [2.24, 2.45) is 0 Å². The van der Waals surface area contributed by atoms with E-state index in [0.717, 1.165) is 19.0 Å². The van der Waals surface area contributed by atoms with Crippen molar-refractivity contribution in [2.45, 2.75) is 32.1 Å². The summed E-state index contributed by atoms with van der Waals surface area (Å²) < 4.78 is 0. The van der Waals surface area contributed by atoms with Crippen LogP contribution in [-0.2, 0) is 0 Å². The molecule has 1 fully saturated rings. The Kier molecular flexibility index (Phi) is 7.48. The highest BCUT2D eigenvalue weighted by Crippen LogP contribution is 2.27. The van der Waals surface area contributed by atoms with E-state index in [9.17, 15) is 0 Å². The average molecular weight is 349 g/mol. The number of hydrogen-bond donors (Lipinski definition) is 1. The van der Waals surface area contributed by atoms with Gasteiger partial charge in [0.25, 0.3) is 0 Å². The van der Waals surface area contributed by atoms with Gasteiger partial charge in [-0.3, -0.25) is 0 Å². The molecule has 0 aromatic heterocycles. The van der Waals surface area contributed by atoms with Gasteiger partial charge in [0.15, 0.2) is 0 Å². The summed E-state index contributed by atoms with van der Waals surface area (Å²) in [5, 5.41) is 3.58. The van der Waals surface area contributed by atoms with Crippen molar-refractivity contribution in [1.29, 1.82) is 0 Å². The first-order valence-corrected chi connectivity index (χ1v) is 10.0. The Bertz CT molecular complexity index is 655. The molecule has 0 unspecified atom stereocenters. The Morgan fingerprint density at radius 2 is 1.65 bits per heavy atom. The van der Waals surface area contributed by atoms with E-state index >= 15 is 0 Å². The van der Waals surface area contributed by atoms with Crippen LogP contribution in [0.3, 0.4) is 0 Å². The maximum atomic E-state index is 3.58. The maximum absolute atomic E-state index is 3.58. The van der Waals surface area contributed by atoms with Gasteiger partial charge in [-0.25, -0.2) is 0 Å². The Hall–Kier alpha value is -1.90. The summed E-state index contributed by atoms with van der Waals surface area (Å²) in [4.78, 5) is 2.63. The maximum Gasteiger partial charge on any atom is 0.0165 e. The molecule has 0 bridgehead atoms. The third-order valence-electron chi connectivity index (χ3n) is 5.30. The quantitative estimate of drug-likeness (QED) is 0.679. The molecule has 2 aromatic rings. The van der Waals surface area contributed by atoms with Crippen LogP contribution in [0.5, 0.6) is 0 Å². The van der Waals surface area contributed by atoms with Crippen molar-refractivity contribution in [3.8, 4) is 0 Å². The molecule has 3 rings (SSSR count). The lowest BCUT2D eigenvalue weighted by Gasteiger charge is -2.32. The second kappa shape index (κ2) is 10.3. The average Bonchev–Trinajstić information content (AvgIpc) is 2.70. The molecule has 1 saturated heterocycles. The van der Waals surface area contributed by atoms with Crippen LogP contribution >= 0.6 is 0 Å². The lowest BCUT2D eigenvalue weighted by Crippen LogP contribution is -2.35. The number of likely N-dealkylation sites (tertiary alicyclic amines) is 1. The zero-order valence-electron chi connectivity index (χ0n) is 16.0. The van der Waals surface area contributed by atoms with Crippen LogP contribution in [0.25, 0.3) is 6.08 Å². The lowest BCUT2D eigenvalue weighted by atomic mass is 9.89. The molecule has 1 aliphatic heterocycles. The molecule has 0 aliphatic carbocycles. The predicted molar refractivity (Wildman–Crippen MR) is 112 cm³/mol. The van der Waals surface area contributed by atoms with Gasteiger partial charge in [0.2, 0.25) is 0 Å². The summed E-state index contributed by atoms with van der Waals surface area (Å²) in [6, 6.07) is 21.6. The summed E-state index contributed by atoms with van der Waals surface area (Å²) in [6.07, 6.45) is 6.10. The normalized spacial score (nSPS) is 16.7. The summed E-state index contributed by atoms with van der Waals surface area (Å²) in [5.41, 5.74) is 4.20. The van der Waals surface area contributed by atoms with Gasteiger partial charge in [-0.15, -0.1) is 0 Å². The number of piperidine rings is 1. The molecule has 2 heteroatoms. The van der Waals surface area contributed by atoms with Crippen LogP contribution < -0.4 is 5.32 Å². The highest BCUT2D eigenvalue weighted by atomic mass is 15.1. The van der Waals surface area contributed by atoms with E-state index in [4.69, 9.17) is 0 Å². The number of nitrogens with zero attached hydrogens (tertiary/aromatic N) is 1. The van der Waals surface area contributed by atoms with Gasteiger partial charge in [-0.2, -0.15) is 0 Å². The van der Waals surface area contributed by atoms with E-state index in [1.807, 2.05) is 0 Å². The molecule has 138 valence electrons. The smallest absolute Gasteiger partial charge is 0.0165 e. The number of rotatable bonds is 8. The molecule has 1 N–H and O–H groups in total. The van der Waals surface area contributed by atoms with E-state index in [0.29, 0.717) is 0 Å². The second-order valence-corrected chi connectivity index (χ2v) is 7.46. The van der Waals surface area contributed by atoms with Crippen molar-refractivity contribution in [3.63, 3.8) is 0 Å². The molecule has 0 spiro atoms. The molecule has 0 radical (unpaired) electrons. The molecule has 2 aromatic carbocycles.